The van der Waals surface area contributed by atoms with Gasteiger partial charge in [0.05, 0.1) is 12.0 Å². The number of hydrogen-bond acceptors (Lipinski definition) is 5. The molecule has 0 spiro atoms. The van der Waals surface area contributed by atoms with Gasteiger partial charge in [0.25, 0.3) is 0 Å². The van der Waals surface area contributed by atoms with Gasteiger partial charge in [-0.05, 0) is 6.07 Å². The summed E-state index contributed by atoms with van der Waals surface area (Å²) in [6.45, 7) is 5.31. The van der Waals surface area contributed by atoms with Crippen LogP contribution >= 0.6 is 0 Å². The van der Waals surface area contributed by atoms with Gasteiger partial charge in [-0.1, -0.05) is 13.8 Å². The zero-order valence-electron chi connectivity index (χ0n) is 12.1. The van der Waals surface area contributed by atoms with E-state index in [1.54, 1.807) is 12.1 Å². The van der Waals surface area contributed by atoms with Crippen LogP contribution in [0.2, 0.25) is 0 Å². The Labute approximate surface area is 118 Å². The smallest absolute Gasteiger partial charge is 0.311 e. The highest BCUT2D eigenvalue weighted by Gasteiger charge is 2.20. The van der Waals surface area contributed by atoms with Crippen LogP contribution in [0.5, 0.6) is 5.75 Å². The average Bonchev–Trinajstić information content (AvgIpc) is 2.49. The normalized spacial score (nSPS) is 14.3. The Balaban J connectivity index is 0.000000956. The molecule has 1 fully saturated rings. The fourth-order valence-corrected chi connectivity index (χ4v) is 2.03. The zero-order valence-corrected chi connectivity index (χ0v) is 12.1. The third-order valence-corrected chi connectivity index (χ3v) is 3.05. The maximum absolute atomic E-state index is 11.2. The summed E-state index contributed by atoms with van der Waals surface area (Å²) in [5, 5.41) is 10.8. The molecule has 0 unspecified atom stereocenters. The summed E-state index contributed by atoms with van der Waals surface area (Å²) in [5.41, 5.74) is 0.805. The van der Waals surface area contributed by atoms with Crippen molar-refractivity contribution >= 4 is 17.2 Å². The highest BCUT2D eigenvalue weighted by atomic mass is 16.6. The molecule has 1 aliphatic heterocycles. The largest absolute Gasteiger partial charge is 0.490 e. The van der Waals surface area contributed by atoms with Crippen molar-refractivity contribution in [2.24, 2.45) is 0 Å². The van der Waals surface area contributed by atoms with E-state index >= 15 is 0 Å². The summed E-state index contributed by atoms with van der Waals surface area (Å²) in [6.07, 6.45) is 1.05. The van der Waals surface area contributed by atoms with E-state index in [0.29, 0.717) is 25.9 Å². The topological polar surface area (TPSA) is 72.7 Å². The minimum Gasteiger partial charge on any atom is -0.490 e. The fraction of sp³-hybridized carbons (Fsp3) is 0.500. The van der Waals surface area contributed by atoms with Crippen molar-refractivity contribution in [3.05, 3.63) is 28.3 Å². The molecule has 1 aromatic rings. The molecule has 1 aliphatic rings. The van der Waals surface area contributed by atoms with Crippen molar-refractivity contribution in [3.8, 4) is 5.75 Å². The Hall–Kier alpha value is -2.11. The third kappa shape index (κ3) is 3.69. The molecule has 1 aromatic carbocycles. The second-order valence-corrected chi connectivity index (χ2v) is 4.14. The highest BCUT2D eigenvalue weighted by Crippen LogP contribution is 2.32. The van der Waals surface area contributed by atoms with Crippen LogP contribution < -0.4 is 9.64 Å². The predicted octanol–water partition coefficient (Wildman–Crippen LogP) is 2.80. The number of nitro benzene ring substituents is 1. The van der Waals surface area contributed by atoms with Crippen LogP contribution in [0.1, 0.15) is 26.7 Å². The maximum atomic E-state index is 11.2. The number of benzene rings is 1. The van der Waals surface area contributed by atoms with Crippen LogP contribution in [0.4, 0.5) is 11.4 Å². The van der Waals surface area contributed by atoms with Crippen molar-refractivity contribution < 1.29 is 14.5 Å². The molecule has 110 valence electrons. The second-order valence-electron chi connectivity index (χ2n) is 4.14. The number of methoxy groups -OCH3 is 1. The van der Waals surface area contributed by atoms with Crippen LogP contribution in [0.15, 0.2) is 18.2 Å². The molecule has 0 bridgehead atoms. The van der Waals surface area contributed by atoms with Gasteiger partial charge in [-0.3, -0.25) is 14.9 Å². The van der Waals surface area contributed by atoms with Gasteiger partial charge in [-0.25, -0.2) is 0 Å². The van der Waals surface area contributed by atoms with Gasteiger partial charge in [-0.2, -0.15) is 0 Å². The summed E-state index contributed by atoms with van der Waals surface area (Å²) >= 11 is 0. The number of carbonyl (C=O) groups excluding carboxylic acids is 1. The molecule has 6 nitrogen and oxygen atoms in total. The molecule has 0 aromatic heterocycles. The summed E-state index contributed by atoms with van der Waals surface area (Å²) in [7, 11) is 1.41. The SMILES string of the molecule is CC.COc1cc(N2CCC(=O)CC2)ccc1[N+](=O)[O-]. The minimum absolute atomic E-state index is 0.0469. The van der Waals surface area contributed by atoms with Crippen molar-refractivity contribution in [1.82, 2.24) is 0 Å². The Morgan fingerprint density at radius 1 is 1.25 bits per heavy atom. The number of anilines is 1. The van der Waals surface area contributed by atoms with E-state index in [4.69, 9.17) is 4.74 Å². The van der Waals surface area contributed by atoms with E-state index in [2.05, 4.69) is 0 Å². The van der Waals surface area contributed by atoms with Gasteiger partial charge in [-0.15, -0.1) is 0 Å². The maximum Gasteiger partial charge on any atom is 0.311 e. The van der Waals surface area contributed by atoms with Gasteiger partial charge >= 0.3 is 5.69 Å². The molecule has 1 saturated heterocycles. The number of nitrogens with zero attached hydrogens (tertiary/aromatic N) is 2. The molecule has 1 heterocycles. The Bertz CT molecular complexity index is 478. The molecule has 0 atom stereocenters. The Morgan fingerprint density at radius 3 is 2.35 bits per heavy atom. The molecular formula is C14H20N2O4. The number of hydrogen-bond donors (Lipinski definition) is 0. The van der Waals surface area contributed by atoms with Gasteiger partial charge in [0.2, 0.25) is 0 Å². The summed E-state index contributed by atoms with van der Waals surface area (Å²) in [6, 6.07) is 4.77. The van der Waals surface area contributed by atoms with Crippen LogP contribution in [0.3, 0.4) is 0 Å². The monoisotopic (exact) mass is 280 g/mol. The van der Waals surface area contributed by atoms with Gasteiger partial charge in [0, 0.05) is 43.8 Å². The third-order valence-electron chi connectivity index (χ3n) is 3.05. The number of rotatable bonds is 3. The number of ether oxygens (including phenoxy) is 1. The fourth-order valence-electron chi connectivity index (χ4n) is 2.03. The molecular weight excluding hydrogens is 260 g/mol. The average molecular weight is 280 g/mol. The van der Waals surface area contributed by atoms with Gasteiger partial charge < -0.3 is 9.64 Å². The van der Waals surface area contributed by atoms with E-state index < -0.39 is 4.92 Å². The quantitative estimate of drug-likeness (QED) is 0.628. The number of nitro groups is 1. The van der Waals surface area contributed by atoms with Crippen molar-refractivity contribution in [2.75, 3.05) is 25.1 Å². The molecule has 20 heavy (non-hydrogen) atoms. The van der Waals surface area contributed by atoms with Gasteiger partial charge in [0.15, 0.2) is 5.75 Å². The summed E-state index contributed by atoms with van der Waals surface area (Å²) < 4.78 is 5.02. The summed E-state index contributed by atoms with van der Waals surface area (Å²) in [4.78, 5) is 23.5. The lowest BCUT2D eigenvalue weighted by atomic mass is 10.1. The molecule has 0 saturated carbocycles. The van der Waals surface area contributed by atoms with Crippen LogP contribution in [0.25, 0.3) is 0 Å². The van der Waals surface area contributed by atoms with E-state index in [-0.39, 0.29) is 17.2 Å². The van der Waals surface area contributed by atoms with Crippen molar-refractivity contribution in [2.45, 2.75) is 26.7 Å². The molecule has 0 aliphatic carbocycles. The standard InChI is InChI=1S/C12H14N2O4.C2H6/c1-18-12-8-9(2-3-11(12)14(16)17)13-6-4-10(15)5-7-13;1-2/h2-3,8H,4-7H2,1H3;1-2H3. The van der Waals surface area contributed by atoms with Crippen LogP contribution in [-0.2, 0) is 4.79 Å². The second kappa shape index (κ2) is 7.47. The lowest BCUT2D eigenvalue weighted by Crippen LogP contribution is -2.33. The number of ketones is 1. The first-order valence-electron chi connectivity index (χ1n) is 6.71. The van der Waals surface area contributed by atoms with Crippen LogP contribution in [-0.4, -0.2) is 30.9 Å². The van der Waals surface area contributed by atoms with Crippen LogP contribution in [0, 0.1) is 10.1 Å². The molecule has 6 heteroatoms. The molecule has 2 rings (SSSR count). The lowest BCUT2D eigenvalue weighted by Gasteiger charge is -2.28. The Morgan fingerprint density at radius 2 is 1.85 bits per heavy atom. The number of carbonyl (C=O) groups is 1. The van der Waals surface area contributed by atoms with E-state index in [1.165, 1.54) is 13.2 Å². The van der Waals surface area contributed by atoms with Gasteiger partial charge in [0.1, 0.15) is 5.78 Å². The first-order valence-corrected chi connectivity index (χ1v) is 6.71. The predicted molar refractivity (Wildman–Crippen MR) is 77.5 cm³/mol. The first-order chi connectivity index (χ1) is 9.61. The zero-order chi connectivity index (χ0) is 15.1. The summed E-state index contributed by atoms with van der Waals surface area (Å²) in [5.74, 6) is 0.509. The molecule has 0 amide bonds. The minimum atomic E-state index is -0.470. The first kappa shape index (κ1) is 15.9. The van der Waals surface area contributed by atoms with E-state index in [1.807, 2.05) is 18.7 Å². The number of Topliss-reactive ketones (excluding diaryl/α,β-unsaturated/α-hetero) is 1. The van der Waals surface area contributed by atoms with Crippen molar-refractivity contribution in [3.63, 3.8) is 0 Å². The highest BCUT2D eigenvalue weighted by molar-refractivity contribution is 5.81. The van der Waals surface area contributed by atoms with E-state index in [9.17, 15) is 14.9 Å². The lowest BCUT2D eigenvalue weighted by molar-refractivity contribution is -0.385. The number of piperidine rings is 1. The van der Waals surface area contributed by atoms with E-state index in [0.717, 1.165) is 5.69 Å². The van der Waals surface area contributed by atoms with Crippen molar-refractivity contribution in [1.29, 1.82) is 0 Å². The Kier molecular flexibility index (Phi) is 5.96. The molecule has 0 N–H and O–H groups in total. The molecule has 0 radical (unpaired) electrons.